The Morgan fingerprint density at radius 2 is 1.88 bits per heavy atom. The van der Waals surface area contributed by atoms with E-state index in [0.29, 0.717) is 24.5 Å². The molecule has 1 fully saturated rings. The summed E-state index contributed by atoms with van der Waals surface area (Å²) in [6.45, 7) is 2.10. The number of aromatic nitrogens is 2. The van der Waals surface area contributed by atoms with Crippen molar-refractivity contribution in [2.45, 2.75) is 25.3 Å². The summed E-state index contributed by atoms with van der Waals surface area (Å²) in [6, 6.07) is 13.2. The van der Waals surface area contributed by atoms with Crippen LogP contribution in [0.1, 0.15) is 41.4 Å². The SMILES string of the molecule is NC(=O)c1ccc(-c2cnc(N)nc2[C@H]2CCCCN2CCOc2ccc(F)cc2)cc1. The molecule has 166 valence electrons. The average molecular weight is 436 g/mol. The molecule has 1 amide bonds. The van der Waals surface area contributed by atoms with Crippen molar-refractivity contribution in [3.63, 3.8) is 0 Å². The number of benzene rings is 2. The highest BCUT2D eigenvalue weighted by molar-refractivity contribution is 5.93. The highest BCUT2D eigenvalue weighted by Gasteiger charge is 2.28. The van der Waals surface area contributed by atoms with Crippen LogP contribution < -0.4 is 16.2 Å². The van der Waals surface area contributed by atoms with Crippen LogP contribution in [-0.2, 0) is 0 Å². The van der Waals surface area contributed by atoms with Gasteiger partial charge in [0.05, 0.1) is 11.7 Å². The monoisotopic (exact) mass is 435 g/mol. The van der Waals surface area contributed by atoms with E-state index in [1.165, 1.54) is 12.1 Å². The van der Waals surface area contributed by atoms with E-state index in [0.717, 1.165) is 42.6 Å². The number of nitrogens with zero attached hydrogens (tertiary/aromatic N) is 3. The van der Waals surface area contributed by atoms with Gasteiger partial charge in [0, 0.05) is 23.9 Å². The zero-order valence-corrected chi connectivity index (χ0v) is 17.7. The number of primary amides is 1. The minimum atomic E-state index is -0.468. The van der Waals surface area contributed by atoms with Crippen LogP contribution in [0.2, 0.25) is 0 Å². The minimum absolute atomic E-state index is 0.0664. The summed E-state index contributed by atoms with van der Waals surface area (Å²) >= 11 is 0. The molecule has 0 aliphatic carbocycles. The molecule has 2 heterocycles. The number of anilines is 1. The van der Waals surface area contributed by atoms with Crippen molar-refractivity contribution < 1.29 is 13.9 Å². The zero-order valence-electron chi connectivity index (χ0n) is 17.7. The highest BCUT2D eigenvalue weighted by Crippen LogP contribution is 2.35. The summed E-state index contributed by atoms with van der Waals surface area (Å²) < 4.78 is 18.9. The molecule has 7 nitrogen and oxygen atoms in total. The number of amides is 1. The van der Waals surface area contributed by atoms with E-state index in [-0.39, 0.29) is 17.8 Å². The molecule has 4 rings (SSSR count). The Bertz CT molecular complexity index is 1070. The van der Waals surface area contributed by atoms with E-state index < -0.39 is 5.91 Å². The topological polar surface area (TPSA) is 107 Å². The van der Waals surface area contributed by atoms with E-state index in [1.807, 2.05) is 12.1 Å². The van der Waals surface area contributed by atoms with Gasteiger partial charge in [0.15, 0.2) is 0 Å². The van der Waals surface area contributed by atoms with E-state index in [1.54, 1.807) is 30.5 Å². The van der Waals surface area contributed by atoms with E-state index in [4.69, 9.17) is 16.2 Å². The molecule has 0 saturated carbocycles. The molecule has 0 unspecified atom stereocenters. The van der Waals surface area contributed by atoms with Crippen LogP contribution >= 0.6 is 0 Å². The summed E-state index contributed by atoms with van der Waals surface area (Å²) in [5.41, 5.74) is 14.4. The van der Waals surface area contributed by atoms with Crippen LogP contribution in [0.4, 0.5) is 10.3 Å². The van der Waals surface area contributed by atoms with Gasteiger partial charge in [-0.25, -0.2) is 14.4 Å². The van der Waals surface area contributed by atoms with Gasteiger partial charge in [0.1, 0.15) is 18.2 Å². The van der Waals surface area contributed by atoms with Crippen LogP contribution in [0.5, 0.6) is 5.75 Å². The van der Waals surface area contributed by atoms with E-state index in [9.17, 15) is 9.18 Å². The molecule has 0 radical (unpaired) electrons. The van der Waals surface area contributed by atoms with Crippen LogP contribution in [0.15, 0.2) is 54.7 Å². The molecule has 1 atom stereocenters. The summed E-state index contributed by atoms with van der Waals surface area (Å²) in [5, 5.41) is 0. The zero-order chi connectivity index (χ0) is 22.5. The molecule has 0 bridgehead atoms. The molecule has 1 aromatic heterocycles. The van der Waals surface area contributed by atoms with Crippen molar-refractivity contribution in [1.82, 2.24) is 14.9 Å². The number of ether oxygens (including phenoxy) is 1. The van der Waals surface area contributed by atoms with Gasteiger partial charge in [-0.15, -0.1) is 0 Å². The molecule has 0 spiro atoms. The third kappa shape index (κ3) is 5.03. The third-order valence-electron chi connectivity index (χ3n) is 5.71. The number of hydrogen-bond donors (Lipinski definition) is 2. The largest absolute Gasteiger partial charge is 0.492 e. The lowest BCUT2D eigenvalue weighted by Gasteiger charge is -2.36. The normalized spacial score (nSPS) is 16.6. The standard InChI is InChI=1S/C24H26FN5O2/c25-18-8-10-19(11-9-18)32-14-13-30-12-2-1-3-21(30)22-20(15-28-24(27)29-22)16-4-6-17(7-5-16)23(26)31/h4-11,15,21H,1-3,12-14H2,(H2,26,31)(H2,27,28,29)/t21-/m1/s1. The van der Waals surface area contributed by atoms with Crippen molar-refractivity contribution in [2.75, 3.05) is 25.4 Å². The van der Waals surface area contributed by atoms with Gasteiger partial charge in [-0.2, -0.15) is 0 Å². The number of likely N-dealkylation sites (tertiary alicyclic amines) is 1. The second kappa shape index (κ2) is 9.74. The predicted molar refractivity (Wildman–Crippen MR) is 120 cm³/mol. The maximum atomic E-state index is 13.1. The van der Waals surface area contributed by atoms with Crippen molar-refractivity contribution in [2.24, 2.45) is 5.73 Å². The Kier molecular flexibility index (Phi) is 6.61. The lowest BCUT2D eigenvalue weighted by molar-refractivity contribution is 0.100. The first-order chi connectivity index (χ1) is 15.5. The maximum absolute atomic E-state index is 13.1. The van der Waals surface area contributed by atoms with Gasteiger partial charge in [0.2, 0.25) is 11.9 Å². The van der Waals surface area contributed by atoms with Crippen molar-refractivity contribution >= 4 is 11.9 Å². The first-order valence-corrected chi connectivity index (χ1v) is 10.7. The molecule has 4 N–H and O–H groups in total. The quantitative estimate of drug-likeness (QED) is 0.588. The number of nitrogens with two attached hydrogens (primary N) is 2. The lowest BCUT2D eigenvalue weighted by Crippen LogP contribution is -2.37. The Morgan fingerprint density at radius 1 is 1.12 bits per heavy atom. The van der Waals surface area contributed by atoms with Gasteiger partial charge >= 0.3 is 0 Å². The number of hydrogen-bond acceptors (Lipinski definition) is 6. The number of halogens is 1. The Labute approximate surface area is 186 Å². The van der Waals surface area contributed by atoms with Crippen LogP contribution in [-0.4, -0.2) is 40.5 Å². The van der Waals surface area contributed by atoms with E-state index in [2.05, 4.69) is 14.9 Å². The summed E-state index contributed by atoms with van der Waals surface area (Å²) in [5.74, 6) is 0.114. The van der Waals surface area contributed by atoms with Gasteiger partial charge in [0.25, 0.3) is 0 Å². The maximum Gasteiger partial charge on any atom is 0.248 e. The molecule has 8 heteroatoms. The lowest BCUT2D eigenvalue weighted by atomic mass is 9.93. The van der Waals surface area contributed by atoms with Crippen LogP contribution in [0.3, 0.4) is 0 Å². The van der Waals surface area contributed by atoms with Crippen LogP contribution in [0, 0.1) is 5.82 Å². The third-order valence-corrected chi connectivity index (χ3v) is 5.71. The molecule has 1 aliphatic rings. The van der Waals surface area contributed by atoms with Gasteiger partial charge < -0.3 is 16.2 Å². The predicted octanol–water partition coefficient (Wildman–Crippen LogP) is 3.57. The molecule has 32 heavy (non-hydrogen) atoms. The summed E-state index contributed by atoms with van der Waals surface area (Å²) in [4.78, 5) is 22.6. The average Bonchev–Trinajstić information content (AvgIpc) is 2.81. The number of carbonyl (C=O) groups is 1. The fourth-order valence-electron chi connectivity index (χ4n) is 4.08. The highest BCUT2D eigenvalue weighted by atomic mass is 19.1. The molecule has 2 aromatic carbocycles. The Hall–Kier alpha value is -3.52. The first-order valence-electron chi connectivity index (χ1n) is 10.7. The summed E-state index contributed by atoms with van der Waals surface area (Å²) in [6.07, 6.45) is 4.86. The molecule has 1 saturated heterocycles. The second-order valence-electron chi connectivity index (χ2n) is 7.82. The summed E-state index contributed by atoms with van der Waals surface area (Å²) in [7, 11) is 0. The number of carbonyl (C=O) groups excluding carboxylic acids is 1. The number of nitrogen functional groups attached to an aromatic ring is 1. The van der Waals surface area contributed by atoms with Gasteiger partial charge in [-0.1, -0.05) is 18.6 Å². The number of piperidine rings is 1. The fourth-order valence-corrected chi connectivity index (χ4v) is 4.08. The van der Waals surface area contributed by atoms with Crippen molar-refractivity contribution in [3.05, 3.63) is 71.8 Å². The first kappa shape index (κ1) is 21.7. The van der Waals surface area contributed by atoms with E-state index >= 15 is 0 Å². The fraction of sp³-hybridized carbons (Fsp3) is 0.292. The Balaban J connectivity index is 1.55. The smallest absolute Gasteiger partial charge is 0.248 e. The Morgan fingerprint density at radius 3 is 2.59 bits per heavy atom. The van der Waals surface area contributed by atoms with Crippen molar-refractivity contribution in [1.29, 1.82) is 0 Å². The number of rotatable bonds is 7. The van der Waals surface area contributed by atoms with Gasteiger partial charge in [-0.3, -0.25) is 9.69 Å². The molecule has 3 aromatic rings. The molecular formula is C24H26FN5O2. The second-order valence-corrected chi connectivity index (χ2v) is 7.82. The minimum Gasteiger partial charge on any atom is -0.492 e. The van der Waals surface area contributed by atoms with Crippen molar-refractivity contribution in [3.8, 4) is 16.9 Å². The van der Waals surface area contributed by atoms with Gasteiger partial charge in [-0.05, 0) is 61.3 Å². The van der Waals surface area contributed by atoms with Crippen LogP contribution in [0.25, 0.3) is 11.1 Å². The molecule has 1 aliphatic heterocycles. The molecular weight excluding hydrogens is 409 g/mol.